The summed E-state index contributed by atoms with van der Waals surface area (Å²) in [7, 11) is 0. The van der Waals surface area contributed by atoms with Gasteiger partial charge in [-0.1, -0.05) is 38.1 Å². The fourth-order valence-electron chi connectivity index (χ4n) is 1.58. The van der Waals surface area contributed by atoms with Crippen molar-refractivity contribution < 1.29 is 5.11 Å². The summed E-state index contributed by atoms with van der Waals surface area (Å²) in [6, 6.07) is 8.10. The number of rotatable bonds is 6. The van der Waals surface area contributed by atoms with E-state index in [1.807, 2.05) is 12.1 Å². The smallest absolute Gasteiger partial charge is 0.0681 e. The zero-order valence-corrected chi connectivity index (χ0v) is 10.6. The van der Waals surface area contributed by atoms with Crippen LogP contribution in [0.4, 0.5) is 0 Å². The second-order valence-corrected chi connectivity index (χ2v) is 4.60. The van der Waals surface area contributed by atoms with Crippen molar-refractivity contribution in [1.82, 2.24) is 5.32 Å². The summed E-state index contributed by atoms with van der Waals surface area (Å²) in [6.45, 7) is 7.70. The third-order valence-electron chi connectivity index (χ3n) is 3.49. The van der Waals surface area contributed by atoms with Crippen molar-refractivity contribution in [2.75, 3.05) is 0 Å². The topological polar surface area (TPSA) is 32.3 Å². The van der Waals surface area contributed by atoms with E-state index < -0.39 is 0 Å². The van der Waals surface area contributed by atoms with Crippen molar-refractivity contribution in [1.29, 1.82) is 0 Å². The largest absolute Gasteiger partial charge is 0.392 e. The molecule has 16 heavy (non-hydrogen) atoms. The molecule has 2 nitrogen and oxygen atoms in total. The summed E-state index contributed by atoms with van der Waals surface area (Å²) >= 11 is 0. The molecule has 2 heteroatoms. The lowest BCUT2D eigenvalue weighted by atomic mass is 9.95. The van der Waals surface area contributed by atoms with Gasteiger partial charge in [-0.2, -0.15) is 0 Å². The third-order valence-corrected chi connectivity index (χ3v) is 3.49. The van der Waals surface area contributed by atoms with Crippen LogP contribution in [0.25, 0.3) is 0 Å². The Balaban J connectivity index is 2.54. The molecule has 0 atom stereocenters. The van der Waals surface area contributed by atoms with E-state index in [0.29, 0.717) is 0 Å². The molecule has 90 valence electrons. The van der Waals surface area contributed by atoms with E-state index in [1.165, 1.54) is 5.56 Å². The number of aliphatic hydroxyl groups excluding tert-OH is 1. The Labute approximate surface area is 98.7 Å². The molecule has 0 aliphatic carbocycles. The van der Waals surface area contributed by atoms with E-state index in [0.717, 1.165) is 24.9 Å². The Morgan fingerprint density at radius 1 is 1.06 bits per heavy atom. The maximum atomic E-state index is 8.95. The van der Waals surface area contributed by atoms with Gasteiger partial charge in [0.15, 0.2) is 0 Å². The maximum Gasteiger partial charge on any atom is 0.0681 e. The predicted molar refractivity (Wildman–Crippen MR) is 68.2 cm³/mol. The fraction of sp³-hybridized carbons (Fsp3) is 0.571. The highest BCUT2D eigenvalue weighted by atomic mass is 16.3. The first-order valence-electron chi connectivity index (χ1n) is 6.07. The molecule has 0 unspecified atom stereocenters. The molecule has 1 rings (SSSR count). The van der Waals surface area contributed by atoms with Crippen molar-refractivity contribution in [3.05, 3.63) is 35.4 Å². The van der Waals surface area contributed by atoms with E-state index in [9.17, 15) is 0 Å². The van der Waals surface area contributed by atoms with Crippen LogP contribution in [0.3, 0.4) is 0 Å². The van der Waals surface area contributed by atoms with Crippen molar-refractivity contribution >= 4 is 0 Å². The van der Waals surface area contributed by atoms with Crippen LogP contribution in [0.5, 0.6) is 0 Å². The summed E-state index contributed by atoms with van der Waals surface area (Å²) in [5, 5.41) is 12.5. The zero-order chi connectivity index (χ0) is 12.0. The second kappa shape index (κ2) is 6.02. The van der Waals surface area contributed by atoms with E-state index in [2.05, 4.69) is 38.2 Å². The van der Waals surface area contributed by atoms with Crippen molar-refractivity contribution in [3.8, 4) is 0 Å². The van der Waals surface area contributed by atoms with Crippen molar-refractivity contribution in [3.63, 3.8) is 0 Å². The number of benzene rings is 1. The normalized spacial score (nSPS) is 11.8. The maximum absolute atomic E-state index is 8.95. The Hall–Kier alpha value is -0.860. The molecule has 1 aromatic carbocycles. The molecule has 0 saturated heterocycles. The van der Waals surface area contributed by atoms with Crippen LogP contribution in [-0.2, 0) is 13.2 Å². The molecule has 0 fully saturated rings. The molecule has 0 saturated carbocycles. The fourth-order valence-corrected chi connectivity index (χ4v) is 1.58. The molecule has 2 N–H and O–H groups in total. The molecule has 0 radical (unpaired) electrons. The van der Waals surface area contributed by atoms with Crippen LogP contribution in [0.2, 0.25) is 0 Å². The number of aliphatic hydroxyl groups is 1. The number of hydrogen-bond acceptors (Lipinski definition) is 2. The molecule has 0 spiro atoms. The van der Waals surface area contributed by atoms with Crippen LogP contribution in [0, 0.1) is 0 Å². The summed E-state index contributed by atoms with van der Waals surface area (Å²) < 4.78 is 0. The monoisotopic (exact) mass is 221 g/mol. The number of hydrogen-bond donors (Lipinski definition) is 2. The van der Waals surface area contributed by atoms with Crippen molar-refractivity contribution in [2.45, 2.75) is 52.3 Å². The number of nitrogens with one attached hydrogen (secondary N) is 1. The Morgan fingerprint density at radius 3 is 2.00 bits per heavy atom. The molecule has 1 aromatic rings. The highest BCUT2D eigenvalue weighted by Crippen LogP contribution is 2.14. The van der Waals surface area contributed by atoms with Crippen LogP contribution < -0.4 is 5.32 Å². The highest BCUT2D eigenvalue weighted by molar-refractivity contribution is 5.21. The van der Waals surface area contributed by atoms with E-state index in [-0.39, 0.29) is 12.1 Å². The van der Waals surface area contributed by atoms with Gasteiger partial charge in [0.2, 0.25) is 0 Å². The first-order chi connectivity index (χ1) is 7.63. The van der Waals surface area contributed by atoms with Gasteiger partial charge in [-0.25, -0.2) is 0 Å². The molecule has 0 aliphatic rings. The van der Waals surface area contributed by atoms with Crippen LogP contribution in [0.15, 0.2) is 24.3 Å². The molecule has 0 aliphatic heterocycles. The first-order valence-corrected chi connectivity index (χ1v) is 6.07. The molecule has 0 heterocycles. The molecule has 0 aromatic heterocycles. The van der Waals surface area contributed by atoms with Gasteiger partial charge in [-0.05, 0) is 30.9 Å². The molecular weight excluding hydrogens is 198 g/mol. The van der Waals surface area contributed by atoms with E-state index in [1.54, 1.807) is 0 Å². The van der Waals surface area contributed by atoms with Gasteiger partial charge in [0.05, 0.1) is 6.61 Å². The van der Waals surface area contributed by atoms with E-state index in [4.69, 9.17) is 5.11 Å². The average molecular weight is 221 g/mol. The minimum atomic E-state index is 0.120. The van der Waals surface area contributed by atoms with Gasteiger partial charge < -0.3 is 10.4 Å². The van der Waals surface area contributed by atoms with Crippen molar-refractivity contribution in [2.24, 2.45) is 0 Å². The van der Waals surface area contributed by atoms with Gasteiger partial charge in [0, 0.05) is 12.1 Å². The standard InChI is InChI=1S/C14H23NO/c1-4-14(3,5-2)15-10-12-6-8-13(11-16)9-7-12/h6-9,15-16H,4-5,10-11H2,1-3H3. The molecule has 0 bridgehead atoms. The van der Waals surface area contributed by atoms with Gasteiger partial charge in [0.1, 0.15) is 0 Å². The highest BCUT2D eigenvalue weighted by Gasteiger charge is 2.17. The lowest BCUT2D eigenvalue weighted by Crippen LogP contribution is -2.40. The summed E-state index contributed by atoms with van der Waals surface area (Å²) in [4.78, 5) is 0. The van der Waals surface area contributed by atoms with Gasteiger partial charge >= 0.3 is 0 Å². The minimum absolute atomic E-state index is 0.120. The molecular formula is C14H23NO. The Bertz CT molecular complexity index is 301. The summed E-state index contributed by atoms with van der Waals surface area (Å²) in [6.07, 6.45) is 2.27. The van der Waals surface area contributed by atoms with Crippen LogP contribution in [-0.4, -0.2) is 10.6 Å². The third kappa shape index (κ3) is 3.62. The molecule has 0 amide bonds. The quantitative estimate of drug-likeness (QED) is 0.774. The average Bonchev–Trinajstić information content (AvgIpc) is 2.36. The lowest BCUT2D eigenvalue weighted by molar-refractivity contribution is 0.281. The first kappa shape index (κ1) is 13.2. The summed E-state index contributed by atoms with van der Waals surface area (Å²) in [5.41, 5.74) is 2.47. The zero-order valence-electron chi connectivity index (χ0n) is 10.6. The Morgan fingerprint density at radius 2 is 1.56 bits per heavy atom. The predicted octanol–water partition coefficient (Wildman–Crippen LogP) is 2.85. The summed E-state index contributed by atoms with van der Waals surface area (Å²) in [5.74, 6) is 0. The van der Waals surface area contributed by atoms with E-state index >= 15 is 0 Å². The Kier molecular flexibility index (Phi) is 4.97. The van der Waals surface area contributed by atoms with Gasteiger partial charge in [-0.15, -0.1) is 0 Å². The lowest BCUT2D eigenvalue weighted by Gasteiger charge is -2.28. The van der Waals surface area contributed by atoms with Crippen LogP contribution in [0.1, 0.15) is 44.7 Å². The second-order valence-electron chi connectivity index (χ2n) is 4.60. The minimum Gasteiger partial charge on any atom is -0.392 e. The van der Waals surface area contributed by atoms with Crippen LogP contribution >= 0.6 is 0 Å². The van der Waals surface area contributed by atoms with Gasteiger partial charge in [-0.3, -0.25) is 0 Å². The van der Waals surface area contributed by atoms with Gasteiger partial charge in [0.25, 0.3) is 0 Å². The SMILES string of the molecule is CCC(C)(CC)NCc1ccc(CO)cc1.